The summed E-state index contributed by atoms with van der Waals surface area (Å²) in [6.07, 6.45) is 4.63. The van der Waals surface area contributed by atoms with Crippen LogP contribution >= 0.6 is 11.8 Å². The number of hydrogen-bond donors (Lipinski definition) is 0. The van der Waals surface area contributed by atoms with Crippen molar-refractivity contribution in [2.45, 2.75) is 38.6 Å². The van der Waals surface area contributed by atoms with E-state index in [1.54, 1.807) is 18.0 Å². The Kier molecular flexibility index (Phi) is 4.02. The van der Waals surface area contributed by atoms with Gasteiger partial charge in [-0.05, 0) is 30.7 Å². The molecule has 1 spiro atoms. The van der Waals surface area contributed by atoms with Crippen molar-refractivity contribution in [1.82, 2.24) is 9.88 Å². The first-order valence-electron chi connectivity index (χ1n) is 7.53. The first kappa shape index (κ1) is 14.6. The Labute approximate surface area is 129 Å². The summed E-state index contributed by atoms with van der Waals surface area (Å²) in [6, 6.07) is 5.48. The molecule has 3 rings (SSSR count). The fourth-order valence-electron chi connectivity index (χ4n) is 3.31. The molecule has 21 heavy (non-hydrogen) atoms. The van der Waals surface area contributed by atoms with Gasteiger partial charge in [0.05, 0.1) is 17.2 Å². The van der Waals surface area contributed by atoms with Gasteiger partial charge in [0.25, 0.3) is 0 Å². The molecule has 2 atom stereocenters. The molecule has 5 heteroatoms. The first-order chi connectivity index (χ1) is 10.2. The molecule has 2 aliphatic heterocycles. The van der Waals surface area contributed by atoms with Crippen molar-refractivity contribution in [2.24, 2.45) is 5.41 Å². The van der Waals surface area contributed by atoms with E-state index in [1.165, 1.54) is 4.90 Å². The van der Waals surface area contributed by atoms with Crippen molar-refractivity contribution in [3.63, 3.8) is 0 Å². The van der Waals surface area contributed by atoms with Crippen LogP contribution in [0.3, 0.4) is 0 Å². The second-order valence-electron chi connectivity index (χ2n) is 5.89. The van der Waals surface area contributed by atoms with Gasteiger partial charge < -0.3 is 0 Å². The van der Waals surface area contributed by atoms with Crippen LogP contribution in [0.4, 0.5) is 0 Å². The van der Waals surface area contributed by atoms with Gasteiger partial charge in [0.15, 0.2) is 0 Å². The van der Waals surface area contributed by atoms with Gasteiger partial charge in [-0.3, -0.25) is 19.5 Å². The predicted octanol–water partition coefficient (Wildman–Crippen LogP) is 2.81. The Morgan fingerprint density at radius 3 is 2.90 bits per heavy atom. The van der Waals surface area contributed by atoms with Crippen LogP contribution in [0.2, 0.25) is 0 Å². The van der Waals surface area contributed by atoms with E-state index in [9.17, 15) is 9.59 Å². The minimum absolute atomic E-state index is 0.0217. The molecule has 0 N–H and O–H groups in total. The molecule has 0 bridgehead atoms. The number of amides is 2. The van der Waals surface area contributed by atoms with Gasteiger partial charge in [0.1, 0.15) is 0 Å². The zero-order valence-corrected chi connectivity index (χ0v) is 13.1. The lowest BCUT2D eigenvalue weighted by Gasteiger charge is -2.27. The van der Waals surface area contributed by atoms with Crippen molar-refractivity contribution in [3.05, 3.63) is 30.1 Å². The third kappa shape index (κ3) is 2.48. The van der Waals surface area contributed by atoms with E-state index < -0.39 is 5.41 Å². The van der Waals surface area contributed by atoms with Gasteiger partial charge in [-0.1, -0.05) is 19.4 Å². The van der Waals surface area contributed by atoms with E-state index in [-0.39, 0.29) is 17.9 Å². The molecule has 2 amide bonds. The topological polar surface area (TPSA) is 50.3 Å². The van der Waals surface area contributed by atoms with Gasteiger partial charge in [0, 0.05) is 18.4 Å². The summed E-state index contributed by atoms with van der Waals surface area (Å²) in [4.78, 5) is 31.3. The molecule has 4 nitrogen and oxygen atoms in total. The van der Waals surface area contributed by atoms with Crippen LogP contribution in [-0.4, -0.2) is 33.2 Å². The van der Waals surface area contributed by atoms with Crippen LogP contribution in [0.5, 0.6) is 0 Å². The fraction of sp³-hybridized carbons (Fsp3) is 0.562. The van der Waals surface area contributed by atoms with Crippen LogP contribution < -0.4 is 0 Å². The van der Waals surface area contributed by atoms with E-state index >= 15 is 0 Å². The number of carbonyl (C=O) groups is 2. The van der Waals surface area contributed by atoms with Gasteiger partial charge in [-0.2, -0.15) is 11.8 Å². The van der Waals surface area contributed by atoms with Crippen LogP contribution in [-0.2, 0) is 9.59 Å². The highest BCUT2D eigenvalue weighted by molar-refractivity contribution is 7.99. The number of rotatable bonds is 4. The molecule has 112 valence electrons. The van der Waals surface area contributed by atoms with Crippen molar-refractivity contribution >= 4 is 23.6 Å². The molecule has 2 saturated heterocycles. The lowest BCUT2D eigenvalue weighted by molar-refractivity contribution is -0.144. The van der Waals surface area contributed by atoms with E-state index in [4.69, 9.17) is 0 Å². The molecule has 0 saturated carbocycles. The maximum Gasteiger partial charge on any atom is 0.237 e. The summed E-state index contributed by atoms with van der Waals surface area (Å²) in [5.41, 5.74) is 0.395. The Hall–Kier alpha value is -1.36. The minimum atomic E-state index is -0.428. The second kappa shape index (κ2) is 5.79. The summed E-state index contributed by atoms with van der Waals surface area (Å²) in [7, 11) is 0. The average molecular weight is 304 g/mol. The summed E-state index contributed by atoms with van der Waals surface area (Å²) in [5, 5.41) is 0. The maximum atomic E-state index is 12.9. The number of likely N-dealkylation sites (tertiary alicyclic amines) is 1. The van der Waals surface area contributed by atoms with Crippen LogP contribution in [0, 0.1) is 5.41 Å². The minimum Gasteiger partial charge on any atom is -0.274 e. The number of imide groups is 1. The molecule has 0 unspecified atom stereocenters. The first-order valence-corrected chi connectivity index (χ1v) is 8.68. The average Bonchev–Trinajstić information content (AvgIpc) is 3.05. The van der Waals surface area contributed by atoms with Crippen molar-refractivity contribution in [1.29, 1.82) is 0 Å². The van der Waals surface area contributed by atoms with Gasteiger partial charge >= 0.3 is 0 Å². The highest BCUT2D eigenvalue weighted by Crippen LogP contribution is 2.47. The molecule has 0 aliphatic carbocycles. The summed E-state index contributed by atoms with van der Waals surface area (Å²) in [6.45, 7) is 2.07. The van der Waals surface area contributed by atoms with Crippen molar-refractivity contribution in [3.8, 4) is 0 Å². The molecular weight excluding hydrogens is 284 g/mol. The highest BCUT2D eigenvalue weighted by Gasteiger charge is 2.54. The molecule has 0 radical (unpaired) electrons. The summed E-state index contributed by atoms with van der Waals surface area (Å²) < 4.78 is 0. The third-order valence-electron chi connectivity index (χ3n) is 4.44. The molecule has 1 aromatic rings. The van der Waals surface area contributed by atoms with Gasteiger partial charge in [-0.15, -0.1) is 0 Å². The Morgan fingerprint density at radius 2 is 2.29 bits per heavy atom. The SMILES string of the molecule is CCC[C@@H](c1ccccn1)N1C(=O)C[C@@]2(CCSC2)C1=O. The monoisotopic (exact) mass is 304 g/mol. The van der Waals surface area contributed by atoms with E-state index in [0.29, 0.717) is 6.42 Å². The predicted molar refractivity (Wildman–Crippen MR) is 82.7 cm³/mol. The molecular formula is C16H20N2O2S. The van der Waals surface area contributed by atoms with E-state index in [1.807, 2.05) is 18.2 Å². The van der Waals surface area contributed by atoms with Crippen molar-refractivity contribution in [2.75, 3.05) is 11.5 Å². The zero-order valence-electron chi connectivity index (χ0n) is 12.2. The van der Waals surface area contributed by atoms with Crippen LogP contribution in [0.1, 0.15) is 44.3 Å². The maximum absolute atomic E-state index is 12.9. The lowest BCUT2D eigenvalue weighted by atomic mass is 9.86. The summed E-state index contributed by atoms with van der Waals surface area (Å²) >= 11 is 1.78. The van der Waals surface area contributed by atoms with Crippen LogP contribution in [0.25, 0.3) is 0 Å². The van der Waals surface area contributed by atoms with E-state index in [0.717, 1.165) is 36.5 Å². The van der Waals surface area contributed by atoms with Crippen LogP contribution in [0.15, 0.2) is 24.4 Å². The van der Waals surface area contributed by atoms with Gasteiger partial charge in [-0.25, -0.2) is 0 Å². The summed E-state index contributed by atoms with van der Waals surface area (Å²) in [5.74, 6) is 1.78. The number of nitrogens with zero attached hydrogens (tertiary/aromatic N) is 2. The van der Waals surface area contributed by atoms with E-state index in [2.05, 4.69) is 11.9 Å². The molecule has 2 fully saturated rings. The zero-order chi connectivity index (χ0) is 14.9. The molecule has 2 aliphatic rings. The number of pyridine rings is 1. The lowest BCUT2D eigenvalue weighted by Crippen LogP contribution is -2.38. The third-order valence-corrected chi connectivity index (χ3v) is 5.69. The normalized spacial score (nSPS) is 26.8. The van der Waals surface area contributed by atoms with Crippen molar-refractivity contribution < 1.29 is 9.59 Å². The molecule has 1 aromatic heterocycles. The number of aromatic nitrogens is 1. The number of hydrogen-bond acceptors (Lipinski definition) is 4. The fourth-order valence-corrected chi connectivity index (χ4v) is 4.75. The quantitative estimate of drug-likeness (QED) is 0.803. The molecule has 0 aromatic carbocycles. The smallest absolute Gasteiger partial charge is 0.237 e. The largest absolute Gasteiger partial charge is 0.274 e. The second-order valence-corrected chi connectivity index (χ2v) is 6.99. The molecule has 3 heterocycles. The number of carbonyl (C=O) groups excluding carboxylic acids is 2. The number of thioether (sulfide) groups is 1. The Morgan fingerprint density at radius 1 is 1.43 bits per heavy atom. The standard InChI is InChI=1S/C16H20N2O2S/c1-2-5-13(12-6-3-4-8-17-12)18-14(19)10-16(15(18)20)7-9-21-11-16/h3-4,6,8,13H,2,5,7,9-11H2,1H3/t13-,16+/m0/s1. The Balaban J connectivity index is 1.92. The highest BCUT2D eigenvalue weighted by atomic mass is 32.2. The van der Waals surface area contributed by atoms with Gasteiger partial charge in [0.2, 0.25) is 11.8 Å². The Bertz CT molecular complexity index is 540.